The second-order valence-corrected chi connectivity index (χ2v) is 11.8. The molecular weight excluding hydrogens is 524 g/mol. The van der Waals surface area contributed by atoms with Gasteiger partial charge in [-0.3, -0.25) is 14.5 Å². The van der Waals surface area contributed by atoms with Crippen LogP contribution in [0.1, 0.15) is 58.3 Å². The van der Waals surface area contributed by atoms with Gasteiger partial charge in [-0.05, 0) is 62.7 Å². The van der Waals surface area contributed by atoms with Crippen molar-refractivity contribution in [3.63, 3.8) is 0 Å². The van der Waals surface area contributed by atoms with E-state index < -0.39 is 5.76 Å². The maximum absolute atomic E-state index is 11.8. The molecule has 41 heavy (non-hydrogen) atoms. The van der Waals surface area contributed by atoms with Crippen LogP contribution in [0.3, 0.4) is 0 Å². The molecule has 2 bridgehead atoms. The molecular formula is C27H36N12O2. The first-order chi connectivity index (χ1) is 20.0. The van der Waals surface area contributed by atoms with Crippen molar-refractivity contribution in [1.82, 2.24) is 29.7 Å². The molecule has 7 rings (SSSR count). The Morgan fingerprint density at radius 2 is 2.02 bits per heavy atom. The highest BCUT2D eigenvalue weighted by Gasteiger charge is 2.37. The highest BCUT2D eigenvalue weighted by molar-refractivity contribution is 5.92. The molecule has 3 fully saturated rings. The van der Waals surface area contributed by atoms with Crippen LogP contribution in [-0.4, -0.2) is 61.2 Å². The van der Waals surface area contributed by atoms with E-state index >= 15 is 0 Å². The predicted molar refractivity (Wildman–Crippen MR) is 154 cm³/mol. The Labute approximate surface area is 236 Å². The van der Waals surface area contributed by atoms with Gasteiger partial charge in [-0.1, -0.05) is 35.4 Å². The minimum Gasteiger partial charge on any atom is -0.362 e. The van der Waals surface area contributed by atoms with E-state index in [-0.39, 0.29) is 23.7 Å². The molecule has 0 unspecified atom stereocenters. The molecule has 1 saturated heterocycles. The minimum absolute atomic E-state index is 0.101. The van der Waals surface area contributed by atoms with Crippen LogP contribution >= 0.6 is 0 Å². The molecule has 2 aliphatic heterocycles. The second kappa shape index (κ2) is 10.4. The van der Waals surface area contributed by atoms with E-state index in [1.54, 1.807) is 7.05 Å². The van der Waals surface area contributed by atoms with Gasteiger partial charge in [0.1, 0.15) is 5.52 Å². The Hall–Kier alpha value is -4.10. The third-order valence-electron chi connectivity index (χ3n) is 9.39. The lowest BCUT2D eigenvalue weighted by atomic mass is 9.74. The molecule has 2 saturated carbocycles. The average molecular weight is 561 g/mol. The van der Waals surface area contributed by atoms with Crippen molar-refractivity contribution in [2.24, 2.45) is 38.9 Å². The molecule has 3 aromatic heterocycles. The van der Waals surface area contributed by atoms with Gasteiger partial charge in [0.15, 0.2) is 17.3 Å². The maximum atomic E-state index is 11.8. The van der Waals surface area contributed by atoms with Crippen LogP contribution in [0.15, 0.2) is 36.3 Å². The largest absolute Gasteiger partial charge is 0.439 e. The summed E-state index contributed by atoms with van der Waals surface area (Å²) in [6.45, 7) is 3.95. The zero-order chi connectivity index (χ0) is 28.1. The smallest absolute Gasteiger partial charge is 0.362 e. The number of hydrogen-bond acceptors (Lipinski definition) is 10. The third-order valence-corrected chi connectivity index (χ3v) is 9.39. The molecule has 3 aromatic rings. The zero-order valence-corrected chi connectivity index (χ0v) is 23.5. The van der Waals surface area contributed by atoms with Gasteiger partial charge in [-0.2, -0.15) is 4.98 Å². The fraction of sp³-hybridized carbons (Fsp3) is 0.630. The quantitative estimate of drug-likeness (QED) is 0.107. The Balaban J connectivity index is 1.43. The molecule has 0 aromatic carbocycles. The number of nitrogens with one attached hydrogen (secondary N) is 2. The van der Waals surface area contributed by atoms with Crippen molar-refractivity contribution < 1.29 is 4.52 Å². The number of aliphatic imine (C=N–C) groups is 1. The SMILES string of the molecule is CN=C(N=NN)[C@@H]1CCCN1c1nc2nc(-c3noc(=O)[nH]3)nc3c2n1C[C@@H]1CC[C@@H](C)/C(=C/[C@H](C2CCC2)N3)C1. The van der Waals surface area contributed by atoms with Crippen LogP contribution in [0.5, 0.6) is 0 Å². The standard InChI is InChI=1S/C27H36N12O2/c1-14-8-9-15-11-17(14)12-18(16-5-3-6-16)30-22-20-23(32-24(31-22)25-34-27(40)41-36-25)33-26(39(20)13-15)38-10-4-7-19(38)21(29-2)35-37-28/h12,14-16,18-19H,3-11,13H2,1-2H3,(H2,28,29,35)(H,30,31,32)(H,34,36,40)/b17-12+/t14-,15-,18-,19+/m1/s1. The number of aromatic nitrogens is 6. The molecule has 4 atom stereocenters. The van der Waals surface area contributed by atoms with Gasteiger partial charge >= 0.3 is 5.76 Å². The Morgan fingerprint density at radius 3 is 2.76 bits per heavy atom. The summed E-state index contributed by atoms with van der Waals surface area (Å²) in [4.78, 5) is 35.9. The number of aromatic amines is 1. The highest BCUT2D eigenvalue weighted by atomic mass is 16.5. The van der Waals surface area contributed by atoms with E-state index in [0.29, 0.717) is 35.1 Å². The van der Waals surface area contributed by atoms with E-state index in [4.69, 9.17) is 25.3 Å². The number of H-pyrrole nitrogens is 1. The molecule has 4 aliphatic rings. The van der Waals surface area contributed by atoms with E-state index in [1.807, 2.05) is 0 Å². The lowest BCUT2D eigenvalue weighted by molar-refractivity contribution is 0.291. The van der Waals surface area contributed by atoms with E-state index in [0.717, 1.165) is 50.2 Å². The van der Waals surface area contributed by atoms with Crippen LogP contribution in [-0.2, 0) is 6.54 Å². The first kappa shape index (κ1) is 25.8. The van der Waals surface area contributed by atoms with E-state index in [2.05, 4.69) is 53.3 Å². The first-order valence-electron chi connectivity index (χ1n) is 14.7. The molecule has 5 heterocycles. The molecule has 0 spiro atoms. The monoisotopic (exact) mass is 560 g/mol. The topological polar surface area (TPSA) is 181 Å². The minimum atomic E-state index is -0.655. The van der Waals surface area contributed by atoms with Crippen molar-refractivity contribution in [1.29, 1.82) is 0 Å². The van der Waals surface area contributed by atoms with Crippen LogP contribution in [0, 0.1) is 17.8 Å². The molecule has 14 heteroatoms. The summed E-state index contributed by atoms with van der Waals surface area (Å²) in [5.41, 5.74) is 2.93. The van der Waals surface area contributed by atoms with E-state index in [9.17, 15) is 4.79 Å². The summed E-state index contributed by atoms with van der Waals surface area (Å²) in [7, 11) is 1.71. The van der Waals surface area contributed by atoms with Crippen LogP contribution in [0.2, 0.25) is 0 Å². The number of nitrogens with zero attached hydrogens (tertiary/aromatic N) is 9. The summed E-state index contributed by atoms with van der Waals surface area (Å²) < 4.78 is 7.08. The lowest BCUT2D eigenvalue weighted by Crippen LogP contribution is -2.38. The van der Waals surface area contributed by atoms with Crippen molar-refractivity contribution in [3.05, 3.63) is 22.2 Å². The number of fused-ring (bicyclic) bond motifs is 2. The molecule has 14 nitrogen and oxygen atoms in total. The Kier molecular flexibility index (Phi) is 6.54. The van der Waals surface area contributed by atoms with Crippen molar-refractivity contribution >= 4 is 28.8 Å². The number of nitrogens with two attached hydrogens (primary N) is 1. The van der Waals surface area contributed by atoms with Gasteiger partial charge in [0, 0.05) is 26.2 Å². The molecule has 2 aliphatic carbocycles. The van der Waals surface area contributed by atoms with Gasteiger partial charge in [-0.25, -0.2) is 14.8 Å². The summed E-state index contributed by atoms with van der Waals surface area (Å²) in [5, 5.41) is 15.3. The number of rotatable bonds is 4. The van der Waals surface area contributed by atoms with Crippen molar-refractivity contribution in [2.75, 3.05) is 23.8 Å². The average Bonchev–Trinajstić information content (AvgIpc) is 3.66. The number of allylic oxidation sites excluding steroid dienone is 1. The van der Waals surface area contributed by atoms with Gasteiger partial charge < -0.3 is 20.6 Å². The van der Waals surface area contributed by atoms with Crippen LogP contribution in [0.4, 0.5) is 11.8 Å². The zero-order valence-electron chi connectivity index (χ0n) is 23.5. The summed E-state index contributed by atoms with van der Waals surface area (Å²) in [6, 6.07) is 0.0477. The lowest BCUT2D eigenvalue weighted by Gasteiger charge is -2.37. The van der Waals surface area contributed by atoms with Gasteiger partial charge in [-0.15, -0.1) is 5.11 Å². The number of hydrogen-bond donors (Lipinski definition) is 3. The molecule has 4 N–H and O–H groups in total. The van der Waals surface area contributed by atoms with Crippen LogP contribution in [0.25, 0.3) is 22.8 Å². The summed E-state index contributed by atoms with van der Waals surface area (Å²) in [5.74, 6) is 8.87. The third kappa shape index (κ3) is 4.58. The first-order valence-corrected chi connectivity index (χ1v) is 14.7. The Bertz CT molecular complexity index is 1590. The van der Waals surface area contributed by atoms with Crippen molar-refractivity contribution in [2.45, 2.75) is 76.9 Å². The van der Waals surface area contributed by atoms with Gasteiger partial charge in [0.05, 0.1) is 6.04 Å². The van der Waals surface area contributed by atoms with E-state index in [1.165, 1.54) is 31.3 Å². The highest BCUT2D eigenvalue weighted by Crippen LogP contribution is 2.42. The van der Waals surface area contributed by atoms with Crippen molar-refractivity contribution in [3.8, 4) is 11.6 Å². The molecule has 216 valence electrons. The summed E-state index contributed by atoms with van der Waals surface area (Å²) in [6.07, 6.45) is 11.3. The Morgan fingerprint density at radius 1 is 1.15 bits per heavy atom. The van der Waals surface area contributed by atoms with Crippen LogP contribution < -0.4 is 21.8 Å². The number of anilines is 2. The molecule has 0 amide bonds. The molecule has 0 radical (unpaired) electrons. The predicted octanol–water partition coefficient (Wildman–Crippen LogP) is 3.45. The number of amidine groups is 1. The second-order valence-electron chi connectivity index (χ2n) is 11.8. The van der Waals surface area contributed by atoms with Gasteiger partial charge in [0.25, 0.3) is 0 Å². The number of imidazole rings is 1. The van der Waals surface area contributed by atoms with Gasteiger partial charge in [0.2, 0.25) is 17.6 Å². The summed E-state index contributed by atoms with van der Waals surface area (Å²) >= 11 is 0. The fourth-order valence-corrected chi connectivity index (χ4v) is 6.98. The maximum Gasteiger partial charge on any atom is 0.439 e. The normalized spacial score (nSPS) is 28.5. The fourth-order valence-electron chi connectivity index (χ4n) is 6.98.